The summed E-state index contributed by atoms with van der Waals surface area (Å²) in [4.78, 5) is 2.47. The second kappa shape index (κ2) is 9.57. The first-order chi connectivity index (χ1) is 14.7. The summed E-state index contributed by atoms with van der Waals surface area (Å²) in [7, 11) is 1.72. The van der Waals surface area contributed by atoms with E-state index in [4.69, 9.17) is 4.74 Å². The number of aliphatic hydroxyl groups is 1. The summed E-state index contributed by atoms with van der Waals surface area (Å²) < 4.78 is 5.29. The van der Waals surface area contributed by atoms with Crippen molar-refractivity contribution in [3.63, 3.8) is 0 Å². The summed E-state index contributed by atoms with van der Waals surface area (Å²) >= 11 is 0. The largest absolute Gasteiger partial charge is 0.380 e. The van der Waals surface area contributed by atoms with Crippen LogP contribution in [0.3, 0.4) is 0 Å². The first-order valence-corrected chi connectivity index (χ1v) is 10.9. The van der Waals surface area contributed by atoms with Crippen LogP contribution in [0.4, 0.5) is 0 Å². The minimum absolute atomic E-state index is 0.167. The number of benzene rings is 3. The molecule has 3 heteroatoms. The molecule has 156 valence electrons. The van der Waals surface area contributed by atoms with Gasteiger partial charge in [0, 0.05) is 7.11 Å². The summed E-state index contributed by atoms with van der Waals surface area (Å²) in [5, 5.41) is 12.5. The number of hydrogen-bond donors (Lipinski definition) is 1. The Kier molecular flexibility index (Phi) is 6.63. The highest BCUT2D eigenvalue weighted by atomic mass is 16.5. The lowest BCUT2D eigenvalue weighted by molar-refractivity contribution is -0.0299. The van der Waals surface area contributed by atoms with Gasteiger partial charge in [-0.05, 0) is 48.2 Å². The van der Waals surface area contributed by atoms with Crippen LogP contribution in [-0.4, -0.2) is 30.2 Å². The molecule has 1 atom stereocenters. The maximum atomic E-state index is 12.5. The van der Waals surface area contributed by atoms with Gasteiger partial charge < -0.3 is 9.84 Å². The summed E-state index contributed by atoms with van der Waals surface area (Å²) in [6, 6.07) is 28.6. The van der Waals surface area contributed by atoms with Gasteiger partial charge >= 0.3 is 0 Å². The fourth-order valence-electron chi connectivity index (χ4n) is 4.72. The first kappa shape index (κ1) is 20.8. The smallest absolute Gasteiger partial charge is 0.134 e. The second-order valence-electron chi connectivity index (χ2n) is 8.17. The SMILES string of the molecule is COCc1ccc([C@@H](N2CCCCC2)C(O)(c2ccccc2)c2ccccc2)cc1. The van der Waals surface area contributed by atoms with Gasteiger partial charge in [-0.3, -0.25) is 4.90 Å². The highest BCUT2D eigenvalue weighted by Crippen LogP contribution is 2.45. The van der Waals surface area contributed by atoms with Crippen LogP contribution < -0.4 is 0 Å². The van der Waals surface area contributed by atoms with E-state index in [1.54, 1.807) is 7.11 Å². The molecule has 0 bridgehead atoms. The van der Waals surface area contributed by atoms with Crippen LogP contribution in [0.2, 0.25) is 0 Å². The Hall–Kier alpha value is -2.46. The summed E-state index contributed by atoms with van der Waals surface area (Å²) in [6.45, 7) is 2.58. The van der Waals surface area contributed by atoms with E-state index in [-0.39, 0.29) is 6.04 Å². The molecule has 0 aliphatic carbocycles. The quantitative estimate of drug-likeness (QED) is 0.583. The lowest BCUT2D eigenvalue weighted by Gasteiger charge is -2.45. The molecule has 3 aromatic carbocycles. The van der Waals surface area contributed by atoms with E-state index in [1.807, 2.05) is 60.7 Å². The number of nitrogens with zero attached hydrogens (tertiary/aromatic N) is 1. The number of likely N-dealkylation sites (tertiary alicyclic amines) is 1. The van der Waals surface area contributed by atoms with Crippen molar-refractivity contribution in [3.8, 4) is 0 Å². The van der Waals surface area contributed by atoms with Gasteiger partial charge in [0.05, 0.1) is 12.6 Å². The lowest BCUT2D eigenvalue weighted by Crippen LogP contribution is -2.47. The van der Waals surface area contributed by atoms with Crippen LogP contribution in [0, 0.1) is 0 Å². The minimum atomic E-state index is -1.15. The van der Waals surface area contributed by atoms with Gasteiger partial charge in [-0.25, -0.2) is 0 Å². The molecule has 30 heavy (non-hydrogen) atoms. The van der Waals surface area contributed by atoms with Crippen molar-refractivity contribution in [2.75, 3.05) is 20.2 Å². The predicted molar refractivity (Wildman–Crippen MR) is 121 cm³/mol. The van der Waals surface area contributed by atoms with Gasteiger partial charge in [0.15, 0.2) is 0 Å². The van der Waals surface area contributed by atoms with E-state index < -0.39 is 5.60 Å². The van der Waals surface area contributed by atoms with Crippen molar-refractivity contribution in [2.45, 2.75) is 37.5 Å². The molecule has 0 radical (unpaired) electrons. The Balaban J connectivity index is 1.87. The van der Waals surface area contributed by atoms with Crippen LogP contribution in [0.5, 0.6) is 0 Å². The fourth-order valence-corrected chi connectivity index (χ4v) is 4.72. The molecule has 0 aromatic heterocycles. The molecule has 0 amide bonds. The molecular formula is C27H31NO2. The molecule has 0 unspecified atom stereocenters. The molecule has 3 aromatic rings. The topological polar surface area (TPSA) is 32.7 Å². The molecule has 1 saturated heterocycles. The van der Waals surface area contributed by atoms with Crippen LogP contribution >= 0.6 is 0 Å². The monoisotopic (exact) mass is 401 g/mol. The molecule has 1 aliphatic heterocycles. The summed E-state index contributed by atoms with van der Waals surface area (Å²) in [5.41, 5.74) is 2.97. The molecule has 0 saturated carbocycles. The van der Waals surface area contributed by atoms with Crippen molar-refractivity contribution in [1.29, 1.82) is 0 Å². The van der Waals surface area contributed by atoms with E-state index in [0.29, 0.717) is 6.61 Å². The van der Waals surface area contributed by atoms with Gasteiger partial charge in [-0.1, -0.05) is 91.3 Å². The zero-order chi connectivity index (χ0) is 20.8. The third-order valence-corrected chi connectivity index (χ3v) is 6.19. The second-order valence-corrected chi connectivity index (χ2v) is 8.17. The van der Waals surface area contributed by atoms with Crippen molar-refractivity contribution in [1.82, 2.24) is 4.90 Å². The Morgan fingerprint density at radius 2 is 1.33 bits per heavy atom. The number of ether oxygens (including phenoxy) is 1. The molecule has 4 rings (SSSR count). The number of piperidine rings is 1. The standard InChI is InChI=1S/C27H31NO2/c1-30-21-22-15-17-23(18-16-22)26(28-19-9-4-10-20-28)27(29,24-11-5-2-6-12-24)25-13-7-3-8-14-25/h2-3,5-8,11-18,26,29H,4,9-10,19-21H2,1H3/t26-/m1/s1. The van der Waals surface area contributed by atoms with E-state index in [0.717, 1.165) is 48.2 Å². The molecular weight excluding hydrogens is 370 g/mol. The molecule has 1 fully saturated rings. The highest BCUT2D eigenvalue weighted by Gasteiger charge is 2.44. The molecule has 0 spiro atoms. The summed E-state index contributed by atoms with van der Waals surface area (Å²) in [5.74, 6) is 0. The van der Waals surface area contributed by atoms with Crippen LogP contribution in [0.25, 0.3) is 0 Å². The Bertz CT molecular complexity index is 863. The van der Waals surface area contributed by atoms with E-state index >= 15 is 0 Å². The van der Waals surface area contributed by atoms with Gasteiger partial charge in [0.2, 0.25) is 0 Å². The number of hydrogen-bond acceptors (Lipinski definition) is 3. The van der Waals surface area contributed by atoms with Gasteiger partial charge in [-0.2, -0.15) is 0 Å². The van der Waals surface area contributed by atoms with E-state index in [2.05, 4.69) is 29.2 Å². The Morgan fingerprint density at radius 1 is 0.800 bits per heavy atom. The van der Waals surface area contributed by atoms with Crippen LogP contribution in [-0.2, 0) is 16.9 Å². The summed E-state index contributed by atoms with van der Waals surface area (Å²) in [6.07, 6.45) is 3.58. The van der Waals surface area contributed by atoms with E-state index in [1.165, 1.54) is 6.42 Å². The maximum Gasteiger partial charge on any atom is 0.134 e. The van der Waals surface area contributed by atoms with Crippen molar-refractivity contribution >= 4 is 0 Å². The lowest BCUT2D eigenvalue weighted by atomic mass is 9.76. The third-order valence-electron chi connectivity index (χ3n) is 6.19. The van der Waals surface area contributed by atoms with E-state index in [9.17, 15) is 5.11 Å². The zero-order valence-corrected chi connectivity index (χ0v) is 17.7. The van der Waals surface area contributed by atoms with Gasteiger partial charge in [0.1, 0.15) is 5.60 Å². The van der Waals surface area contributed by atoms with Gasteiger partial charge in [-0.15, -0.1) is 0 Å². The fraction of sp³-hybridized carbons (Fsp3) is 0.333. The van der Waals surface area contributed by atoms with Crippen molar-refractivity contribution < 1.29 is 9.84 Å². The Morgan fingerprint density at radius 3 is 1.83 bits per heavy atom. The molecule has 1 heterocycles. The van der Waals surface area contributed by atoms with Crippen LogP contribution in [0.15, 0.2) is 84.9 Å². The first-order valence-electron chi connectivity index (χ1n) is 10.9. The molecule has 1 N–H and O–H groups in total. The van der Waals surface area contributed by atoms with Crippen LogP contribution in [0.1, 0.15) is 47.6 Å². The zero-order valence-electron chi connectivity index (χ0n) is 17.7. The predicted octanol–water partition coefficient (Wildman–Crippen LogP) is 5.30. The number of methoxy groups -OCH3 is 1. The molecule has 1 aliphatic rings. The number of rotatable bonds is 7. The Labute approximate surface area is 179 Å². The average Bonchev–Trinajstić information content (AvgIpc) is 2.82. The minimum Gasteiger partial charge on any atom is -0.380 e. The van der Waals surface area contributed by atoms with Gasteiger partial charge in [0.25, 0.3) is 0 Å². The average molecular weight is 402 g/mol. The highest BCUT2D eigenvalue weighted by molar-refractivity contribution is 5.42. The maximum absolute atomic E-state index is 12.5. The van der Waals surface area contributed by atoms with Crippen molar-refractivity contribution in [2.24, 2.45) is 0 Å². The molecule has 3 nitrogen and oxygen atoms in total. The third kappa shape index (κ3) is 4.20. The normalized spacial score (nSPS) is 16.3. The van der Waals surface area contributed by atoms with Crippen molar-refractivity contribution in [3.05, 3.63) is 107 Å².